The van der Waals surface area contributed by atoms with Crippen LogP contribution in [0.25, 0.3) is 0 Å². The lowest BCUT2D eigenvalue weighted by Gasteiger charge is -2.06. The molecule has 1 aromatic rings. The van der Waals surface area contributed by atoms with Gasteiger partial charge in [-0.15, -0.1) is 0 Å². The molecule has 6 heteroatoms. The van der Waals surface area contributed by atoms with Gasteiger partial charge in [0.2, 0.25) is 0 Å². The second-order valence-corrected chi connectivity index (χ2v) is 4.30. The zero-order valence-corrected chi connectivity index (χ0v) is 11.9. The Morgan fingerprint density at radius 3 is 2.90 bits per heavy atom. The maximum absolute atomic E-state index is 11.8. The van der Waals surface area contributed by atoms with Crippen molar-refractivity contribution in [3.8, 4) is 6.07 Å². The number of hydrogen-bond acceptors (Lipinski definition) is 4. The van der Waals surface area contributed by atoms with Crippen LogP contribution in [0.4, 0.5) is 0 Å². The van der Waals surface area contributed by atoms with Crippen molar-refractivity contribution < 1.29 is 9.53 Å². The number of carbonyl (C=O) groups excluding carboxylic acids is 1. The number of rotatable bonds is 7. The van der Waals surface area contributed by atoms with E-state index in [-0.39, 0.29) is 12.1 Å². The van der Waals surface area contributed by atoms with Gasteiger partial charge in [-0.05, 0) is 11.6 Å². The fourth-order valence-electron chi connectivity index (χ4n) is 1.40. The topological polar surface area (TPSA) is 74.1 Å². The van der Waals surface area contributed by atoms with Gasteiger partial charge in [-0.2, -0.15) is 5.26 Å². The molecule has 0 heterocycles. The van der Waals surface area contributed by atoms with Crippen LogP contribution in [0.15, 0.2) is 36.0 Å². The van der Waals surface area contributed by atoms with Gasteiger partial charge in [0.1, 0.15) is 11.6 Å². The van der Waals surface area contributed by atoms with Crippen LogP contribution in [0, 0.1) is 11.3 Å². The number of ether oxygens (including phenoxy) is 1. The monoisotopic (exact) mass is 293 g/mol. The Balaban J connectivity index is 2.52. The molecule has 0 aliphatic rings. The molecule has 0 radical (unpaired) electrons. The highest BCUT2D eigenvalue weighted by molar-refractivity contribution is 6.31. The minimum absolute atomic E-state index is 0.00755. The molecule has 0 unspecified atom stereocenters. The first kappa shape index (κ1) is 16.0. The lowest BCUT2D eigenvalue weighted by atomic mass is 10.2. The average molecular weight is 294 g/mol. The van der Waals surface area contributed by atoms with Crippen molar-refractivity contribution in [3.05, 3.63) is 46.6 Å². The van der Waals surface area contributed by atoms with E-state index in [9.17, 15) is 4.79 Å². The molecule has 5 nitrogen and oxygen atoms in total. The van der Waals surface area contributed by atoms with Crippen LogP contribution in [-0.2, 0) is 16.1 Å². The van der Waals surface area contributed by atoms with E-state index >= 15 is 0 Å². The number of nitriles is 1. The van der Waals surface area contributed by atoms with Gasteiger partial charge in [0.25, 0.3) is 5.91 Å². The van der Waals surface area contributed by atoms with Crippen LogP contribution in [0.3, 0.4) is 0 Å². The molecule has 0 aliphatic carbocycles. The molecule has 20 heavy (non-hydrogen) atoms. The quantitative estimate of drug-likeness (QED) is 0.455. The number of nitrogens with zero attached hydrogens (tertiary/aromatic N) is 1. The number of hydrogen-bond donors (Lipinski definition) is 2. The van der Waals surface area contributed by atoms with E-state index in [2.05, 4.69) is 10.6 Å². The van der Waals surface area contributed by atoms with Gasteiger partial charge in [-0.3, -0.25) is 4.79 Å². The van der Waals surface area contributed by atoms with Gasteiger partial charge in [0, 0.05) is 31.4 Å². The zero-order valence-electron chi connectivity index (χ0n) is 11.1. The predicted molar refractivity (Wildman–Crippen MR) is 76.9 cm³/mol. The third-order valence-corrected chi connectivity index (χ3v) is 2.83. The summed E-state index contributed by atoms with van der Waals surface area (Å²) in [6.45, 7) is 1.30. The molecule has 0 aliphatic heterocycles. The summed E-state index contributed by atoms with van der Waals surface area (Å²) >= 11 is 5.98. The molecule has 0 spiro atoms. The Kier molecular flexibility index (Phi) is 7.18. The van der Waals surface area contributed by atoms with Gasteiger partial charge >= 0.3 is 0 Å². The fraction of sp³-hybridized carbons (Fsp3) is 0.286. The van der Waals surface area contributed by atoms with Crippen LogP contribution in [-0.4, -0.2) is 26.2 Å². The molecular weight excluding hydrogens is 278 g/mol. The Morgan fingerprint density at radius 2 is 2.25 bits per heavy atom. The molecule has 106 valence electrons. The smallest absolute Gasteiger partial charge is 0.263 e. The van der Waals surface area contributed by atoms with Crippen molar-refractivity contribution in [2.45, 2.75) is 6.54 Å². The minimum atomic E-state index is -0.447. The minimum Gasteiger partial charge on any atom is -0.387 e. The number of nitrogens with one attached hydrogen (secondary N) is 2. The summed E-state index contributed by atoms with van der Waals surface area (Å²) < 4.78 is 4.85. The molecule has 2 N–H and O–H groups in total. The van der Waals surface area contributed by atoms with Gasteiger partial charge < -0.3 is 15.4 Å². The van der Waals surface area contributed by atoms with Gasteiger partial charge in [-0.25, -0.2) is 0 Å². The molecule has 0 aromatic heterocycles. The highest BCUT2D eigenvalue weighted by Gasteiger charge is 2.09. The van der Waals surface area contributed by atoms with Crippen LogP contribution in [0.5, 0.6) is 0 Å². The molecule has 1 amide bonds. The number of amides is 1. The van der Waals surface area contributed by atoms with E-state index in [0.29, 0.717) is 18.2 Å². The maximum atomic E-state index is 11.8. The van der Waals surface area contributed by atoms with E-state index in [4.69, 9.17) is 21.6 Å². The Labute approximate surface area is 123 Å². The van der Waals surface area contributed by atoms with E-state index < -0.39 is 5.91 Å². The van der Waals surface area contributed by atoms with Crippen molar-refractivity contribution in [3.63, 3.8) is 0 Å². The third-order valence-electron chi connectivity index (χ3n) is 2.46. The summed E-state index contributed by atoms with van der Waals surface area (Å²) in [5.74, 6) is -0.447. The van der Waals surface area contributed by atoms with Gasteiger partial charge in [0.05, 0.1) is 6.61 Å². The lowest BCUT2D eigenvalue weighted by Crippen LogP contribution is -2.25. The normalized spacial score (nSPS) is 10.8. The largest absolute Gasteiger partial charge is 0.387 e. The summed E-state index contributed by atoms with van der Waals surface area (Å²) in [5, 5.41) is 15.0. The van der Waals surface area contributed by atoms with E-state index in [1.165, 1.54) is 6.20 Å². The summed E-state index contributed by atoms with van der Waals surface area (Å²) in [6.07, 6.45) is 1.38. The molecule has 0 saturated heterocycles. The number of carbonyl (C=O) groups is 1. The first-order chi connectivity index (χ1) is 9.69. The SMILES string of the molecule is COCCN/C=C(/C#N)C(=O)NCc1ccccc1Cl. The molecule has 0 fully saturated rings. The molecule has 0 bridgehead atoms. The molecular formula is C14H16ClN3O2. The molecule has 1 aromatic carbocycles. The van der Waals surface area contributed by atoms with E-state index in [0.717, 1.165) is 5.56 Å². The van der Waals surface area contributed by atoms with Crippen molar-refractivity contribution >= 4 is 17.5 Å². The van der Waals surface area contributed by atoms with Crippen molar-refractivity contribution in [1.29, 1.82) is 5.26 Å². The van der Waals surface area contributed by atoms with Crippen LogP contribution in [0.1, 0.15) is 5.56 Å². The Morgan fingerprint density at radius 1 is 1.50 bits per heavy atom. The second kappa shape index (κ2) is 8.97. The van der Waals surface area contributed by atoms with Crippen LogP contribution >= 0.6 is 11.6 Å². The van der Waals surface area contributed by atoms with Crippen LogP contribution in [0.2, 0.25) is 5.02 Å². The van der Waals surface area contributed by atoms with Crippen molar-refractivity contribution in [1.82, 2.24) is 10.6 Å². The average Bonchev–Trinajstić information content (AvgIpc) is 2.46. The number of methoxy groups -OCH3 is 1. The molecule has 1 rings (SSSR count). The van der Waals surface area contributed by atoms with E-state index in [1.54, 1.807) is 13.2 Å². The molecule has 0 saturated carbocycles. The zero-order chi connectivity index (χ0) is 14.8. The summed E-state index contributed by atoms with van der Waals surface area (Å²) in [4.78, 5) is 11.8. The third kappa shape index (κ3) is 5.31. The lowest BCUT2D eigenvalue weighted by molar-refractivity contribution is -0.117. The summed E-state index contributed by atoms with van der Waals surface area (Å²) in [5.41, 5.74) is 0.806. The predicted octanol–water partition coefficient (Wildman–Crippen LogP) is 1.60. The second-order valence-electron chi connectivity index (χ2n) is 3.89. The number of halogens is 1. The van der Waals surface area contributed by atoms with Crippen LogP contribution < -0.4 is 10.6 Å². The highest BCUT2D eigenvalue weighted by Crippen LogP contribution is 2.14. The maximum Gasteiger partial charge on any atom is 0.263 e. The molecule has 0 atom stereocenters. The summed E-state index contributed by atoms with van der Waals surface area (Å²) in [7, 11) is 1.58. The first-order valence-corrected chi connectivity index (χ1v) is 6.41. The fourth-order valence-corrected chi connectivity index (χ4v) is 1.60. The summed E-state index contributed by atoms with van der Waals surface area (Å²) in [6, 6.07) is 9.05. The highest BCUT2D eigenvalue weighted by atomic mass is 35.5. The van der Waals surface area contributed by atoms with Gasteiger partial charge in [0.15, 0.2) is 0 Å². The van der Waals surface area contributed by atoms with Crippen molar-refractivity contribution in [2.24, 2.45) is 0 Å². The Hall–Kier alpha value is -2.03. The number of benzene rings is 1. The standard InChI is InChI=1S/C14H16ClN3O2/c1-20-7-6-17-9-12(8-16)14(19)18-10-11-4-2-3-5-13(11)15/h2-5,9,17H,6-7,10H2,1H3,(H,18,19)/b12-9-. The first-order valence-electron chi connectivity index (χ1n) is 6.03. The van der Waals surface area contributed by atoms with Crippen molar-refractivity contribution in [2.75, 3.05) is 20.3 Å². The Bertz CT molecular complexity index is 523. The van der Waals surface area contributed by atoms with Gasteiger partial charge in [-0.1, -0.05) is 29.8 Å². The van der Waals surface area contributed by atoms with E-state index in [1.807, 2.05) is 24.3 Å².